The molecule has 0 aliphatic carbocycles. The second-order valence-corrected chi connectivity index (χ2v) is 2.07. The van der Waals surface area contributed by atoms with Gasteiger partial charge in [-0.15, -0.1) is 0 Å². The molecule has 0 saturated heterocycles. The summed E-state index contributed by atoms with van der Waals surface area (Å²) in [7, 11) is 0. The van der Waals surface area contributed by atoms with Gasteiger partial charge in [-0.05, 0) is 12.1 Å². The molecule has 12 heavy (non-hydrogen) atoms. The van der Waals surface area contributed by atoms with Gasteiger partial charge in [0.15, 0.2) is 0 Å². The van der Waals surface area contributed by atoms with Crippen molar-refractivity contribution in [2.45, 2.75) is 0 Å². The lowest BCUT2D eigenvalue weighted by Gasteiger charge is -1.80. The molecule has 4 heteroatoms. The predicted octanol–water partition coefficient (Wildman–Crippen LogP) is 0.214. The number of aromatic amines is 1. The maximum Gasteiger partial charge on any atom is 0.250 e. The summed E-state index contributed by atoms with van der Waals surface area (Å²) in [6, 6.07) is 3.89. The summed E-state index contributed by atoms with van der Waals surface area (Å²) in [5.74, 6) is -0.657. The first-order valence-electron chi connectivity index (χ1n) is 3.40. The third-order valence-electron chi connectivity index (χ3n) is 1.13. The summed E-state index contributed by atoms with van der Waals surface area (Å²) in [5, 5.41) is 2.03. The van der Waals surface area contributed by atoms with Gasteiger partial charge in [0.1, 0.15) is 0 Å². The number of H-pyrrole nitrogens is 1. The van der Waals surface area contributed by atoms with Crippen molar-refractivity contribution in [1.29, 1.82) is 0 Å². The first kappa shape index (κ1) is 8.26. The van der Waals surface area contributed by atoms with Gasteiger partial charge in [0.05, 0.1) is 0 Å². The smallest absolute Gasteiger partial charge is 0.250 e. The van der Waals surface area contributed by atoms with Crippen molar-refractivity contribution in [3.8, 4) is 0 Å². The third-order valence-corrected chi connectivity index (χ3v) is 1.13. The zero-order chi connectivity index (χ0) is 8.81. The van der Waals surface area contributed by atoms with Crippen molar-refractivity contribution < 1.29 is 9.59 Å². The van der Waals surface area contributed by atoms with Crippen molar-refractivity contribution in [1.82, 2.24) is 10.3 Å². The SMILES string of the molecule is O=C1C=CC(=O)N1.c1cc[nH]c1. The van der Waals surface area contributed by atoms with E-state index in [0.29, 0.717) is 0 Å². The van der Waals surface area contributed by atoms with Gasteiger partial charge in [0.2, 0.25) is 0 Å². The Balaban J connectivity index is 0.000000127. The number of hydrogen-bond donors (Lipinski definition) is 2. The first-order valence-corrected chi connectivity index (χ1v) is 3.40. The van der Waals surface area contributed by atoms with Gasteiger partial charge in [-0.3, -0.25) is 14.9 Å². The van der Waals surface area contributed by atoms with Gasteiger partial charge in [-0.25, -0.2) is 0 Å². The van der Waals surface area contributed by atoms with Crippen molar-refractivity contribution >= 4 is 11.8 Å². The van der Waals surface area contributed by atoms with E-state index in [2.05, 4.69) is 4.98 Å². The Morgan fingerprint density at radius 2 is 1.42 bits per heavy atom. The number of carbonyl (C=O) groups is 2. The second kappa shape index (κ2) is 4.12. The Labute approximate surface area is 69.3 Å². The lowest BCUT2D eigenvalue weighted by molar-refractivity contribution is -0.123. The van der Waals surface area contributed by atoms with Crippen LogP contribution < -0.4 is 5.32 Å². The van der Waals surface area contributed by atoms with Gasteiger partial charge >= 0.3 is 0 Å². The fourth-order valence-corrected chi connectivity index (χ4v) is 0.634. The fraction of sp³-hybridized carbons (Fsp3) is 0. The molecule has 0 radical (unpaired) electrons. The molecule has 2 N–H and O–H groups in total. The molecule has 0 spiro atoms. The second-order valence-electron chi connectivity index (χ2n) is 2.07. The van der Waals surface area contributed by atoms with Crippen molar-refractivity contribution in [3.63, 3.8) is 0 Å². The Bertz CT molecular complexity index is 255. The average molecular weight is 164 g/mol. The molecule has 0 unspecified atom stereocenters. The van der Waals surface area contributed by atoms with Crippen LogP contribution in [0.15, 0.2) is 36.7 Å². The third kappa shape index (κ3) is 2.83. The van der Waals surface area contributed by atoms with Gasteiger partial charge in [0, 0.05) is 24.5 Å². The van der Waals surface area contributed by atoms with Crippen molar-refractivity contribution in [2.24, 2.45) is 0 Å². The monoisotopic (exact) mass is 164 g/mol. The maximum atomic E-state index is 10.0. The largest absolute Gasteiger partial charge is 0.368 e. The zero-order valence-corrected chi connectivity index (χ0v) is 6.28. The fourth-order valence-electron chi connectivity index (χ4n) is 0.634. The zero-order valence-electron chi connectivity index (χ0n) is 6.28. The molecular formula is C8H8N2O2. The van der Waals surface area contributed by atoms with E-state index in [1.807, 2.05) is 29.8 Å². The van der Waals surface area contributed by atoms with E-state index in [9.17, 15) is 9.59 Å². The molecule has 0 aromatic carbocycles. The standard InChI is InChI=1S/C4H3NO2.C4H5N/c6-3-1-2-4(7)5-3;1-2-4-5-3-1/h1-2H,(H,5,6,7);1-5H. The van der Waals surface area contributed by atoms with Gasteiger partial charge in [-0.1, -0.05) is 0 Å². The summed E-state index contributed by atoms with van der Waals surface area (Å²) >= 11 is 0. The number of amides is 2. The quantitative estimate of drug-likeness (QED) is 0.538. The van der Waals surface area contributed by atoms with Crippen LogP contribution in [0.4, 0.5) is 0 Å². The molecule has 2 heterocycles. The number of imide groups is 1. The summed E-state index contributed by atoms with van der Waals surface area (Å²) in [4.78, 5) is 22.9. The van der Waals surface area contributed by atoms with Crippen LogP contribution in [0.5, 0.6) is 0 Å². The molecular weight excluding hydrogens is 156 g/mol. The lowest BCUT2D eigenvalue weighted by Crippen LogP contribution is -2.19. The first-order chi connectivity index (χ1) is 5.79. The molecule has 2 amide bonds. The van der Waals surface area contributed by atoms with Crippen molar-refractivity contribution in [2.75, 3.05) is 0 Å². The molecule has 1 aliphatic heterocycles. The summed E-state index contributed by atoms with van der Waals surface area (Å²) < 4.78 is 0. The number of hydrogen-bond acceptors (Lipinski definition) is 2. The van der Waals surface area contributed by atoms with Gasteiger partial charge < -0.3 is 4.98 Å². The topological polar surface area (TPSA) is 62.0 Å². The molecule has 62 valence electrons. The van der Waals surface area contributed by atoms with Crippen LogP contribution in [0.3, 0.4) is 0 Å². The summed E-state index contributed by atoms with van der Waals surface area (Å²) in [6.45, 7) is 0. The lowest BCUT2D eigenvalue weighted by atomic mass is 10.6. The van der Waals surface area contributed by atoms with Crippen LogP contribution in [0.2, 0.25) is 0 Å². The molecule has 0 atom stereocenters. The minimum Gasteiger partial charge on any atom is -0.368 e. The Morgan fingerprint density at radius 1 is 0.917 bits per heavy atom. The van der Waals surface area contributed by atoms with Crippen LogP contribution >= 0.6 is 0 Å². The number of rotatable bonds is 0. The summed E-state index contributed by atoms with van der Waals surface area (Å²) in [6.07, 6.45) is 6.14. The van der Waals surface area contributed by atoms with Crippen LogP contribution in [0, 0.1) is 0 Å². The van der Waals surface area contributed by atoms with Crippen LogP contribution in [-0.2, 0) is 9.59 Å². The van der Waals surface area contributed by atoms with E-state index < -0.39 is 0 Å². The summed E-state index contributed by atoms with van der Waals surface area (Å²) in [5.41, 5.74) is 0. The van der Waals surface area contributed by atoms with E-state index in [1.54, 1.807) is 0 Å². The van der Waals surface area contributed by atoms with Gasteiger partial charge in [-0.2, -0.15) is 0 Å². The highest BCUT2D eigenvalue weighted by atomic mass is 16.2. The highest BCUT2D eigenvalue weighted by Gasteiger charge is 2.06. The number of carbonyl (C=O) groups excluding carboxylic acids is 2. The van der Waals surface area contributed by atoms with Crippen molar-refractivity contribution in [3.05, 3.63) is 36.7 Å². The Kier molecular flexibility index (Phi) is 2.84. The molecule has 0 bridgehead atoms. The molecule has 1 aromatic heterocycles. The van der Waals surface area contributed by atoms with Crippen LogP contribution in [0.25, 0.3) is 0 Å². The van der Waals surface area contributed by atoms with E-state index in [1.165, 1.54) is 12.2 Å². The van der Waals surface area contributed by atoms with E-state index in [0.717, 1.165) is 0 Å². The molecule has 1 aliphatic rings. The Morgan fingerprint density at radius 3 is 1.58 bits per heavy atom. The molecule has 4 nitrogen and oxygen atoms in total. The maximum absolute atomic E-state index is 10.0. The molecule has 0 fully saturated rings. The predicted molar refractivity (Wildman–Crippen MR) is 43.1 cm³/mol. The van der Waals surface area contributed by atoms with E-state index in [4.69, 9.17) is 0 Å². The number of aromatic nitrogens is 1. The molecule has 2 rings (SSSR count). The normalized spacial score (nSPS) is 13.7. The van der Waals surface area contributed by atoms with E-state index >= 15 is 0 Å². The highest BCUT2D eigenvalue weighted by Crippen LogP contribution is 1.82. The molecule has 0 saturated carbocycles. The average Bonchev–Trinajstić information content (AvgIpc) is 2.63. The number of nitrogens with one attached hydrogen (secondary N) is 2. The van der Waals surface area contributed by atoms with Crippen LogP contribution in [-0.4, -0.2) is 16.8 Å². The van der Waals surface area contributed by atoms with E-state index in [-0.39, 0.29) is 11.8 Å². The minimum absolute atomic E-state index is 0.329. The highest BCUT2D eigenvalue weighted by molar-refractivity contribution is 6.12. The Hall–Kier alpha value is -1.84. The van der Waals surface area contributed by atoms with Gasteiger partial charge in [0.25, 0.3) is 11.8 Å². The molecule has 1 aromatic rings. The minimum atomic E-state index is -0.329. The van der Waals surface area contributed by atoms with Crippen LogP contribution in [0.1, 0.15) is 0 Å².